The standard InChI is InChI=1S/C19H16N2O2/c20-17-10-9-15(19(22)23)12-18(17)21-16-8-4-7-14(11-16)13-5-2-1-3-6-13/h1-12,21H,20H2,(H,22,23). The molecule has 3 aromatic carbocycles. The highest BCUT2D eigenvalue weighted by Crippen LogP contribution is 2.27. The molecule has 0 saturated carbocycles. The van der Waals surface area contributed by atoms with Gasteiger partial charge in [0, 0.05) is 5.69 Å². The first-order chi connectivity index (χ1) is 11.1. The van der Waals surface area contributed by atoms with Crippen molar-refractivity contribution in [2.24, 2.45) is 0 Å². The third-order valence-electron chi connectivity index (χ3n) is 3.55. The van der Waals surface area contributed by atoms with E-state index in [1.54, 1.807) is 6.07 Å². The number of hydrogen-bond acceptors (Lipinski definition) is 3. The molecule has 0 spiro atoms. The third-order valence-corrected chi connectivity index (χ3v) is 3.55. The van der Waals surface area contributed by atoms with Crippen LogP contribution >= 0.6 is 0 Å². The molecule has 0 saturated heterocycles. The van der Waals surface area contributed by atoms with E-state index < -0.39 is 5.97 Å². The van der Waals surface area contributed by atoms with E-state index >= 15 is 0 Å². The molecule has 114 valence electrons. The van der Waals surface area contributed by atoms with Crippen molar-refractivity contribution in [1.82, 2.24) is 0 Å². The molecule has 0 unspecified atom stereocenters. The number of nitrogen functional groups attached to an aromatic ring is 1. The van der Waals surface area contributed by atoms with Gasteiger partial charge in [0.15, 0.2) is 0 Å². The first-order valence-corrected chi connectivity index (χ1v) is 7.19. The summed E-state index contributed by atoms with van der Waals surface area (Å²) in [6.45, 7) is 0. The van der Waals surface area contributed by atoms with Crippen molar-refractivity contribution in [3.63, 3.8) is 0 Å². The van der Waals surface area contributed by atoms with Crippen LogP contribution in [0.15, 0.2) is 72.8 Å². The zero-order valence-electron chi connectivity index (χ0n) is 12.4. The zero-order chi connectivity index (χ0) is 16.2. The molecule has 23 heavy (non-hydrogen) atoms. The molecule has 0 radical (unpaired) electrons. The largest absolute Gasteiger partial charge is 0.478 e. The normalized spacial score (nSPS) is 10.3. The molecule has 0 bridgehead atoms. The van der Waals surface area contributed by atoms with Crippen molar-refractivity contribution >= 4 is 23.0 Å². The zero-order valence-corrected chi connectivity index (χ0v) is 12.4. The lowest BCUT2D eigenvalue weighted by molar-refractivity contribution is 0.0697. The van der Waals surface area contributed by atoms with E-state index in [0.29, 0.717) is 11.4 Å². The van der Waals surface area contributed by atoms with Gasteiger partial charge in [-0.25, -0.2) is 4.79 Å². The number of nitrogens with one attached hydrogen (secondary N) is 1. The molecule has 0 aromatic heterocycles. The molecule has 0 aliphatic rings. The Bertz CT molecular complexity index is 845. The minimum atomic E-state index is -0.980. The smallest absolute Gasteiger partial charge is 0.335 e. The maximum absolute atomic E-state index is 11.1. The van der Waals surface area contributed by atoms with E-state index in [2.05, 4.69) is 5.32 Å². The van der Waals surface area contributed by atoms with Crippen molar-refractivity contribution in [2.75, 3.05) is 11.1 Å². The third kappa shape index (κ3) is 3.32. The lowest BCUT2D eigenvalue weighted by Crippen LogP contribution is -2.01. The summed E-state index contributed by atoms with van der Waals surface area (Å²) in [5, 5.41) is 12.3. The maximum Gasteiger partial charge on any atom is 0.335 e. The Hall–Kier alpha value is -3.27. The molecule has 4 nitrogen and oxygen atoms in total. The lowest BCUT2D eigenvalue weighted by atomic mass is 10.1. The van der Waals surface area contributed by atoms with Gasteiger partial charge >= 0.3 is 5.97 Å². The van der Waals surface area contributed by atoms with Gasteiger partial charge in [-0.3, -0.25) is 0 Å². The van der Waals surface area contributed by atoms with Gasteiger partial charge in [0.05, 0.1) is 16.9 Å². The van der Waals surface area contributed by atoms with Crippen LogP contribution in [0.1, 0.15) is 10.4 Å². The van der Waals surface area contributed by atoms with Crippen molar-refractivity contribution in [3.05, 3.63) is 78.4 Å². The predicted octanol–water partition coefficient (Wildman–Crippen LogP) is 4.38. The molecule has 3 rings (SSSR count). The SMILES string of the molecule is Nc1ccc(C(=O)O)cc1Nc1cccc(-c2ccccc2)c1. The Morgan fingerprint density at radius 1 is 0.870 bits per heavy atom. The van der Waals surface area contributed by atoms with Gasteiger partial charge in [0.1, 0.15) is 0 Å². The fourth-order valence-electron chi connectivity index (χ4n) is 2.36. The topological polar surface area (TPSA) is 75.4 Å². The van der Waals surface area contributed by atoms with Crippen LogP contribution < -0.4 is 11.1 Å². The number of nitrogens with two attached hydrogens (primary N) is 1. The molecule has 0 aliphatic carbocycles. The molecule has 4 heteroatoms. The van der Waals surface area contributed by atoms with Gasteiger partial charge in [0.2, 0.25) is 0 Å². The maximum atomic E-state index is 11.1. The first-order valence-electron chi connectivity index (χ1n) is 7.19. The first kappa shape index (κ1) is 14.7. The second-order valence-electron chi connectivity index (χ2n) is 5.18. The number of benzene rings is 3. The highest BCUT2D eigenvalue weighted by atomic mass is 16.4. The van der Waals surface area contributed by atoms with Crippen molar-refractivity contribution < 1.29 is 9.90 Å². The highest BCUT2D eigenvalue weighted by molar-refractivity contribution is 5.91. The number of carboxylic acid groups (broad SMARTS) is 1. The molecule has 4 N–H and O–H groups in total. The van der Waals surface area contributed by atoms with Gasteiger partial charge < -0.3 is 16.2 Å². The number of hydrogen-bond donors (Lipinski definition) is 3. The quantitative estimate of drug-likeness (QED) is 0.625. The van der Waals surface area contributed by atoms with E-state index in [4.69, 9.17) is 10.8 Å². The molecule has 3 aromatic rings. The molecule has 0 heterocycles. The van der Waals surface area contributed by atoms with Gasteiger partial charge in [-0.15, -0.1) is 0 Å². The number of rotatable bonds is 4. The van der Waals surface area contributed by atoms with Crippen LogP contribution in [0, 0.1) is 0 Å². The lowest BCUT2D eigenvalue weighted by Gasteiger charge is -2.11. The fraction of sp³-hybridized carbons (Fsp3) is 0. The van der Waals surface area contributed by atoms with Crippen LogP contribution in [0.5, 0.6) is 0 Å². The van der Waals surface area contributed by atoms with E-state index in [0.717, 1.165) is 16.8 Å². The minimum absolute atomic E-state index is 0.195. The second-order valence-corrected chi connectivity index (χ2v) is 5.18. The van der Waals surface area contributed by atoms with Gasteiger partial charge in [-0.1, -0.05) is 42.5 Å². The summed E-state index contributed by atoms with van der Waals surface area (Å²) in [4.78, 5) is 11.1. The number of carbonyl (C=O) groups is 1. The molecule has 0 atom stereocenters. The molecular formula is C19H16N2O2. The van der Waals surface area contributed by atoms with Crippen LogP contribution in [-0.2, 0) is 0 Å². The Morgan fingerprint density at radius 2 is 1.61 bits per heavy atom. The van der Waals surface area contributed by atoms with Crippen molar-refractivity contribution in [1.29, 1.82) is 0 Å². The van der Waals surface area contributed by atoms with Gasteiger partial charge in [-0.2, -0.15) is 0 Å². The summed E-state index contributed by atoms with van der Waals surface area (Å²) >= 11 is 0. The predicted molar refractivity (Wildman–Crippen MR) is 93.0 cm³/mol. The van der Waals surface area contributed by atoms with Crippen LogP contribution in [0.4, 0.5) is 17.1 Å². The fourth-order valence-corrected chi connectivity index (χ4v) is 2.36. The van der Waals surface area contributed by atoms with Crippen molar-refractivity contribution in [2.45, 2.75) is 0 Å². The van der Waals surface area contributed by atoms with Gasteiger partial charge in [0.25, 0.3) is 0 Å². The number of aromatic carboxylic acids is 1. The highest BCUT2D eigenvalue weighted by Gasteiger charge is 2.07. The van der Waals surface area contributed by atoms with Gasteiger partial charge in [-0.05, 0) is 41.5 Å². The molecule has 0 amide bonds. The summed E-state index contributed by atoms with van der Waals surface area (Å²) in [5.74, 6) is -0.980. The summed E-state index contributed by atoms with van der Waals surface area (Å²) < 4.78 is 0. The van der Waals surface area contributed by atoms with Crippen LogP contribution in [0.2, 0.25) is 0 Å². The summed E-state index contributed by atoms with van der Waals surface area (Å²) in [7, 11) is 0. The van der Waals surface area contributed by atoms with E-state index in [1.165, 1.54) is 12.1 Å². The van der Waals surface area contributed by atoms with Crippen LogP contribution in [0.25, 0.3) is 11.1 Å². The Kier molecular flexibility index (Phi) is 3.97. The molecule has 0 aliphatic heterocycles. The van der Waals surface area contributed by atoms with E-state index in [1.807, 2.05) is 54.6 Å². The molecular weight excluding hydrogens is 288 g/mol. The number of carboxylic acids is 1. The van der Waals surface area contributed by atoms with E-state index in [-0.39, 0.29) is 5.56 Å². The Labute approximate surface area is 134 Å². The average molecular weight is 304 g/mol. The number of anilines is 3. The summed E-state index contributed by atoms with van der Waals surface area (Å²) in [6.07, 6.45) is 0. The summed E-state index contributed by atoms with van der Waals surface area (Å²) in [6, 6.07) is 22.5. The Balaban J connectivity index is 1.92. The van der Waals surface area contributed by atoms with Crippen LogP contribution in [0.3, 0.4) is 0 Å². The minimum Gasteiger partial charge on any atom is -0.478 e. The molecule has 0 fully saturated rings. The average Bonchev–Trinajstić information content (AvgIpc) is 2.58. The Morgan fingerprint density at radius 3 is 2.35 bits per heavy atom. The monoisotopic (exact) mass is 304 g/mol. The second kappa shape index (κ2) is 6.23. The van der Waals surface area contributed by atoms with E-state index in [9.17, 15) is 4.79 Å². The summed E-state index contributed by atoms with van der Waals surface area (Å²) in [5.41, 5.74) is 10.2. The van der Waals surface area contributed by atoms with Crippen LogP contribution in [-0.4, -0.2) is 11.1 Å². The van der Waals surface area contributed by atoms with Crippen molar-refractivity contribution in [3.8, 4) is 11.1 Å².